The number of rotatable bonds is 6. The molecule has 0 saturated heterocycles. The molecule has 1 heterocycles. The Morgan fingerprint density at radius 2 is 1.81 bits per heavy atom. The lowest BCUT2D eigenvalue weighted by atomic mass is 10.00. The quantitative estimate of drug-likeness (QED) is 0.883. The fourth-order valence-electron chi connectivity index (χ4n) is 2.23. The van der Waals surface area contributed by atoms with Crippen LogP contribution in [0.25, 0.3) is 0 Å². The predicted molar refractivity (Wildman–Crippen MR) is 81.0 cm³/mol. The van der Waals surface area contributed by atoms with E-state index in [0.717, 1.165) is 11.1 Å². The first-order valence-corrected chi connectivity index (χ1v) is 6.65. The van der Waals surface area contributed by atoms with Crippen molar-refractivity contribution in [1.82, 2.24) is 4.98 Å². The maximum absolute atomic E-state index is 6.27. The van der Waals surface area contributed by atoms with Crippen molar-refractivity contribution in [3.63, 3.8) is 0 Å². The minimum absolute atomic E-state index is 0.202. The van der Waals surface area contributed by atoms with Crippen molar-refractivity contribution in [2.24, 2.45) is 5.73 Å². The van der Waals surface area contributed by atoms with Crippen LogP contribution in [0.2, 0.25) is 0 Å². The van der Waals surface area contributed by atoms with Crippen LogP contribution < -0.4 is 19.9 Å². The largest absolute Gasteiger partial charge is 0.493 e. The van der Waals surface area contributed by atoms with E-state index in [1.807, 2.05) is 30.3 Å². The van der Waals surface area contributed by atoms with Crippen molar-refractivity contribution in [1.29, 1.82) is 0 Å². The lowest BCUT2D eigenvalue weighted by molar-refractivity contribution is 0.354. The van der Waals surface area contributed by atoms with Crippen molar-refractivity contribution in [3.05, 3.63) is 47.7 Å². The van der Waals surface area contributed by atoms with Crippen LogP contribution in [0.15, 0.2) is 36.5 Å². The highest BCUT2D eigenvalue weighted by molar-refractivity contribution is 5.43. The SMILES string of the molecule is COc1ccc(CC(N)c2cccnc2OC)cc1OC. The molecule has 0 radical (unpaired) electrons. The summed E-state index contributed by atoms with van der Waals surface area (Å²) in [6.07, 6.45) is 2.34. The molecule has 0 amide bonds. The zero-order valence-corrected chi connectivity index (χ0v) is 12.5. The first kappa shape index (κ1) is 15.1. The number of benzene rings is 1. The third kappa shape index (κ3) is 3.44. The summed E-state index contributed by atoms with van der Waals surface area (Å²) in [4.78, 5) is 4.17. The molecule has 5 nitrogen and oxygen atoms in total. The number of pyridine rings is 1. The van der Waals surface area contributed by atoms with Gasteiger partial charge in [-0.2, -0.15) is 0 Å². The van der Waals surface area contributed by atoms with Crippen LogP contribution in [0, 0.1) is 0 Å². The summed E-state index contributed by atoms with van der Waals surface area (Å²) >= 11 is 0. The number of hydrogen-bond acceptors (Lipinski definition) is 5. The van der Waals surface area contributed by atoms with Crippen LogP contribution >= 0.6 is 0 Å². The summed E-state index contributed by atoms with van der Waals surface area (Å²) in [7, 11) is 4.82. The number of hydrogen-bond donors (Lipinski definition) is 1. The average molecular weight is 288 g/mol. The smallest absolute Gasteiger partial charge is 0.217 e. The minimum atomic E-state index is -0.202. The van der Waals surface area contributed by atoms with Gasteiger partial charge in [0.2, 0.25) is 5.88 Å². The van der Waals surface area contributed by atoms with E-state index in [4.69, 9.17) is 19.9 Å². The molecule has 1 atom stereocenters. The van der Waals surface area contributed by atoms with E-state index in [1.54, 1.807) is 27.5 Å². The van der Waals surface area contributed by atoms with Crippen LogP contribution in [0.1, 0.15) is 17.2 Å². The van der Waals surface area contributed by atoms with Crippen LogP contribution in [0.3, 0.4) is 0 Å². The lowest BCUT2D eigenvalue weighted by Gasteiger charge is -2.16. The molecule has 0 aliphatic carbocycles. The van der Waals surface area contributed by atoms with Gasteiger partial charge in [0.15, 0.2) is 11.5 Å². The maximum Gasteiger partial charge on any atom is 0.217 e. The van der Waals surface area contributed by atoms with E-state index >= 15 is 0 Å². The minimum Gasteiger partial charge on any atom is -0.493 e. The molecule has 21 heavy (non-hydrogen) atoms. The number of ether oxygens (including phenoxy) is 3. The Labute approximate surface area is 124 Å². The number of aromatic nitrogens is 1. The second-order valence-corrected chi connectivity index (χ2v) is 4.60. The molecular weight excluding hydrogens is 268 g/mol. The van der Waals surface area contributed by atoms with Gasteiger partial charge in [-0.15, -0.1) is 0 Å². The molecule has 1 unspecified atom stereocenters. The molecule has 0 fully saturated rings. The molecule has 0 bridgehead atoms. The summed E-state index contributed by atoms with van der Waals surface area (Å²) in [5.74, 6) is 1.96. The number of methoxy groups -OCH3 is 3. The fourth-order valence-corrected chi connectivity index (χ4v) is 2.23. The third-order valence-corrected chi connectivity index (χ3v) is 3.30. The first-order chi connectivity index (χ1) is 10.2. The van der Waals surface area contributed by atoms with E-state index in [9.17, 15) is 0 Å². The molecule has 1 aromatic heterocycles. The van der Waals surface area contributed by atoms with Crippen LogP contribution in [-0.2, 0) is 6.42 Å². The van der Waals surface area contributed by atoms with Crippen molar-refractivity contribution in [2.45, 2.75) is 12.5 Å². The molecule has 2 aromatic rings. The monoisotopic (exact) mass is 288 g/mol. The maximum atomic E-state index is 6.27. The molecule has 0 aliphatic heterocycles. The standard InChI is InChI=1S/C16H20N2O3/c1-19-14-7-6-11(10-15(14)20-2)9-13(17)12-5-4-8-18-16(12)21-3/h4-8,10,13H,9,17H2,1-3H3. The van der Waals surface area contributed by atoms with Gasteiger partial charge in [-0.1, -0.05) is 12.1 Å². The van der Waals surface area contributed by atoms with E-state index in [0.29, 0.717) is 23.8 Å². The Morgan fingerprint density at radius 1 is 1.05 bits per heavy atom. The van der Waals surface area contributed by atoms with Gasteiger partial charge in [-0.05, 0) is 30.2 Å². The number of nitrogens with zero attached hydrogens (tertiary/aromatic N) is 1. The topological polar surface area (TPSA) is 66.6 Å². The third-order valence-electron chi connectivity index (χ3n) is 3.30. The Morgan fingerprint density at radius 3 is 2.48 bits per heavy atom. The van der Waals surface area contributed by atoms with Gasteiger partial charge in [0.25, 0.3) is 0 Å². The van der Waals surface area contributed by atoms with Crippen LogP contribution in [-0.4, -0.2) is 26.3 Å². The highest BCUT2D eigenvalue weighted by Crippen LogP contribution is 2.30. The van der Waals surface area contributed by atoms with Crippen molar-refractivity contribution in [2.75, 3.05) is 21.3 Å². The average Bonchev–Trinajstić information content (AvgIpc) is 2.54. The number of nitrogens with two attached hydrogens (primary N) is 1. The summed E-state index contributed by atoms with van der Waals surface area (Å²) in [6, 6.07) is 9.36. The van der Waals surface area contributed by atoms with Gasteiger partial charge < -0.3 is 19.9 Å². The van der Waals surface area contributed by atoms with Crippen LogP contribution in [0.5, 0.6) is 17.4 Å². The predicted octanol–water partition coefficient (Wildman–Crippen LogP) is 2.35. The van der Waals surface area contributed by atoms with Gasteiger partial charge in [0, 0.05) is 17.8 Å². The summed E-state index contributed by atoms with van der Waals surface area (Å²) in [5.41, 5.74) is 8.22. The molecule has 0 spiro atoms. The van der Waals surface area contributed by atoms with E-state index in [-0.39, 0.29) is 6.04 Å². The van der Waals surface area contributed by atoms with Crippen molar-refractivity contribution >= 4 is 0 Å². The van der Waals surface area contributed by atoms with E-state index < -0.39 is 0 Å². The summed E-state index contributed by atoms with van der Waals surface area (Å²) in [6.45, 7) is 0. The van der Waals surface area contributed by atoms with Gasteiger partial charge in [0.05, 0.1) is 21.3 Å². The highest BCUT2D eigenvalue weighted by Gasteiger charge is 2.14. The van der Waals surface area contributed by atoms with Gasteiger partial charge >= 0.3 is 0 Å². The Hall–Kier alpha value is -2.27. The normalized spacial score (nSPS) is 11.8. The molecule has 5 heteroatoms. The van der Waals surface area contributed by atoms with Gasteiger partial charge in [-0.3, -0.25) is 0 Å². The Kier molecular flexibility index (Phi) is 5.00. The fraction of sp³-hybridized carbons (Fsp3) is 0.312. The zero-order valence-electron chi connectivity index (χ0n) is 12.5. The lowest BCUT2D eigenvalue weighted by Crippen LogP contribution is -2.15. The molecule has 2 rings (SSSR count). The molecule has 112 valence electrons. The molecule has 0 saturated carbocycles. The second kappa shape index (κ2) is 6.95. The summed E-state index contributed by atoms with van der Waals surface area (Å²) < 4.78 is 15.8. The van der Waals surface area contributed by atoms with Crippen molar-refractivity contribution in [3.8, 4) is 17.4 Å². The molecular formula is C16H20N2O3. The first-order valence-electron chi connectivity index (χ1n) is 6.65. The Balaban J connectivity index is 2.21. The van der Waals surface area contributed by atoms with E-state index in [1.165, 1.54) is 0 Å². The van der Waals surface area contributed by atoms with Crippen molar-refractivity contribution < 1.29 is 14.2 Å². The Bertz CT molecular complexity index is 602. The highest BCUT2D eigenvalue weighted by atomic mass is 16.5. The molecule has 2 N–H and O–H groups in total. The van der Waals surface area contributed by atoms with Gasteiger partial charge in [0.1, 0.15) is 0 Å². The van der Waals surface area contributed by atoms with Crippen LogP contribution in [0.4, 0.5) is 0 Å². The van der Waals surface area contributed by atoms with Gasteiger partial charge in [-0.25, -0.2) is 4.98 Å². The summed E-state index contributed by atoms with van der Waals surface area (Å²) in [5, 5.41) is 0. The molecule has 0 aliphatic rings. The zero-order chi connectivity index (χ0) is 15.2. The molecule has 1 aromatic carbocycles. The second-order valence-electron chi connectivity index (χ2n) is 4.60. The van der Waals surface area contributed by atoms with E-state index in [2.05, 4.69) is 4.98 Å².